The van der Waals surface area contributed by atoms with Crippen LogP contribution in [0, 0.1) is 11.3 Å². The number of unbranched alkanes of at least 4 members (excludes halogenated alkanes) is 1. The van der Waals surface area contributed by atoms with E-state index in [2.05, 4.69) is 19.1 Å². The fraction of sp³-hybridized carbons (Fsp3) is 0.667. The molecule has 0 heterocycles. The maximum Gasteiger partial charge on any atom is 0.0438 e. The zero-order chi connectivity index (χ0) is 14.4. The minimum absolute atomic E-state index is 0.273. The van der Waals surface area contributed by atoms with Gasteiger partial charge < -0.3 is 0 Å². The quantitative estimate of drug-likeness (QED) is 0.527. The lowest BCUT2D eigenvalue weighted by Gasteiger charge is -2.39. The molecule has 0 unspecified atom stereocenters. The minimum atomic E-state index is 0.273. The highest BCUT2D eigenvalue weighted by Crippen LogP contribution is 2.44. The smallest absolute Gasteiger partial charge is 0.0438 e. The Labute approximate surface area is 133 Å². The third kappa shape index (κ3) is 4.15. The van der Waals surface area contributed by atoms with E-state index in [-0.39, 0.29) is 5.41 Å². The van der Waals surface area contributed by atoms with Crippen LogP contribution >= 0.6 is 23.2 Å². The van der Waals surface area contributed by atoms with Gasteiger partial charge in [-0.05, 0) is 55.1 Å². The summed E-state index contributed by atoms with van der Waals surface area (Å²) in [6.45, 7) is 2.28. The van der Waals surface area contributed by atoms with Crippen LogP contribution in [0.3, 0.4) is 0 Å². The van der Waals surface area contributed by atoms with Crippen LogP contribution in [-0.4, -0.2) is 5.88 Å². The van der Waals surface area contributed by atoms with Gasteiger partial charge in [0.2, 0.25) is 0 Å². The molecule has 0 amide bonds. The molecular weight excluding hydrogens is 287 g/mol. The summed E-state index contributed by atoms with van der Waals surface area (Å²) in [5, 5.41) is 0.894. The van der Waals surface area contributed by atoms with Crippen LogP contribution in [0.25, 0.3) is 0 Å². The highest BCUT2D eigenvalue weighted by molar-refractivity contribution is 6.31. The van der Waals surface area contributed by atoms with Crippen molar-refractivity contribution < 1.29 is 0 Å². The lowest BCUT2D eigenvalue weighted by atomic mass is 9.68. The van der Waals surface area contributed by atoms with Crippen molar-refractivity contribution in [3.05, 3.63) is 34.9 Å². The van der Waals surface area contributed by atoms with Gasteiger partial charge in [-0.25, -0.2) is 0 Å². The van der Waals surface area contributed by atoms with Crippen molar-refractivity contribution in [2.75, 3.05) is 5.88 Å². The standard InChI is InChI=1S/C18H26Cl2/c1-2-3-6-15-9-11-18(14-19,12-10-15)13-16-7-4-5-8-17(16)20/h4-5,7-8,15H,2-3,6,9-14H2,1H3. The Morgan fingerprint density at radius 1 is 1.20 bits per heavy atom. The van der Waals surface area contributed by atoms with Gasteiger partial charge in [0.05, 0.1) is 0 Å². The Morgan fingerprint density at radius 2 is 1.90 bits per heavy atom. The zero-order valence-corrected chi connectivity index (χ0v) is 14.0. The van der Waals surface area contributed by atoms with E-state index in [1.54, 1.807) is 0 Å². The number of hydrogen-bond donors (Lipinski definition) is 0. The summed E-state index contributed by atoms with van der Waals surface area (Å²) >= 11 is 12.7. The third-order valence-electron chi connectivity index (χ3n) is 4.94. The Morgan fingerprint density at radius 3 is 2.50 bits per heavy atom. The molecule has 2 heteroatoms. The van der Waals surface area contributed by atoms with Gasteiger partial charge in [-0.2, -0.15) is 0 Å². The van der Waals surface area contributed by atoms with Crippen molar-refractivity contribution in [3.63, 3.8) is 0 Å². The Bertz CT molecular complexity index is 406. The molecule has 0 spiro atoms. The van der Waals surface area contributed by atoms with Crippen molar-refractivity contribution in [3.8, 4) is 0 Å². The molecular formula is C18H26Cl2. The van der Waals surface area contributed by atoms with Gasteiger partial charge in [-0.1, -0.05) is 56.0 Å². The Kier molecular flexibility index (Phi) is 6.23. The first-order valence-electron chi connectivity index (χ1n) is 7.98. The minimum Gasteiger partial charge on any atom is -0.126 e. The van der Waals surface area contributed by atoms with Gasteiger partial charge in [0.15, 0.2) is 0 Å². The molecule has 0 atom stereocenters. The van der Waals surface area contributed by atoms with Crippen molar-refractivity contribution in [1.82, 2.24) is 0 Å². The fourth-order valence-electron chi connectivity index (χ4n) is 3.47. The number of rotatable bonds is 6. The Hall–Kier alpha value is -0.200. The van der Waals surface area contributed by atoms with Crippen LogP contribution < -0.4 is 0 Å². The van der Waals surface area contributed by atoms with Gasteiger partial charge in [0.1, 0.15) is 0 Å². The average molecular weight is 313 g/mol. The molecule has 2 rings (SSSR count). The summed E-state index contributed by atoms with van der Waals surface area (Å²) in [4.78, 5) is 0. The monoisotopic (exact) mass is 312 g/mol. The van der Waals surface area contributed by atoms with Crippen molar-refractivity contribution in [2.45, 2.75) is 58.3 Å². The lowest BCUT2D eigenvalue weighted by molar-refractivity contribution is 0.166. The molecule has 0 aliphatic heterocycles. The highest BCUT2D eigenvalue weighted by Gasteiger charge is 2.34. The van der Waals surface area contributed by atoms with E-state index in [1.165, 1.54) is 50.5 Å². The Balaban J connectivity index is 1.97. The van der Waals surface area contributed by atoms with E-state index in [9.17, 15) is 0 Å². The molecule has 0 N–H and O–H groups in total. The summed E-state index contributed by atoms with van der Waals surface area (Å²) in [5.41, 5.74) is 1.54. The summed E-state index contributed by atoms with van der Waals surface area (Å²) < 4.78 is 0. The molecule has 0 bridgehead atoms. The summed E-state index contributed by atoms with van der Waals surface area (Å²) in [6, 6.07) is 8.22. The number of halogens is 2. The number of hydrogen-bond acceptors (Lipinski definition) is 0. The highest BCUT2D eigenvalue weighted by atomic mass is 35.5. The first kappa shape index (κ1) is 16.2. The van der Waals surface area contributed by atoms with Crippen molar-refractivity contribution >= 4 is 23.2 Å². The molecule has 1 saturated carbocycles. The van der Waals surface area contributed by atoms with Crippen molar-refractivity contribution in [1.29, 1.82) is 0 Å². The van der Waals surface area contributed by atoms with Crippen LogP contribution in [0.2, 0.25) is 5.02 Å². The third-order valence-corrected chi connectivity index (χ3v) is 5.87. The van der Waals surface area contributed by atoms with Gasteiger partial charge in [-0.15, -0.1) is 11.6 Å². The van der Waals surface area contributed by atoms with Gasteiger partial charge in [-0.3, -0.25) is 0 Å². The number of benzene rings is 1. The molecule has 112 valence electrons. The topological polar surface area (TPSA) is 0 Å². The predicted molar refractivity (Wildman–Crippen MR) is 89.8 cm³/mol. The summed E-state index contributed by atoms with van der Waals surface area (Å²) in [7, 11) is 0. The summed E-state index contributed by atoms with van der Waals surface area (Å²) in [5.74, 6) is 1.69. The molecule has 0 saturated heterocycles. The van der Waals surface area contributed by atoms with E-state index in [4.69, 9.17) is 23.2 Å². The average Bonchev–Trinajstić information content (AvgIpc) is 2.49. The van der Waals surface area contributed by atoms with E-state index < -0.39 is 0 Å². The first-order valence-corrected chi connectivity index (χ1v) is 8.90. The molecule has 0 aromatic heterocycles. The summed E-state index contributed by atoms with van der Waals surface area (Å²) in [6.07, 6.45) is 10.3. The largest absolute Gasteiger partial charge is 0.126 e. The van der Waals surface area contributed by atoms with Gasteiger partial charge in [0.25, 0.3) is 0 Å². The number of alkyl halides is 1. The van der Waals surface area contributed by atoms with Gasteiger partial charge in [0, 0.05) is 10.9 Å². The molecule has 0 nitrogen and oxygen atoms in total. The van der Waals surface area contributed by atoms with Crippen LogP contribution in [-0.2, 0) is 6.42 Å². The lowest BCUT2D eigenvalue weighted by Crippen LogP contribution is -2.31. The van der Waals surface area contributed by atoms with E-state index in [0.717, 1.165) is 23.2 Å². The van der Waals surface area contributed by atoms with Crippen LogP contribution in [0.15, 0.2) is 24.3 Å². The molecule has 20 heavy (non-hydrogen) atoms. The van der Waals surface area contributed by atoms with Crippen LogP contribution in [0.5, 0.6) is 0 Å². The zero-order valence-electron chi connectivity index (χ0n) is 12.5. The fourth-order valence-corrected chi connectivity index (χ4v) is 4.04. The molecule has 1 aliphatic rings. The molecule has 1 aliphatic carbocycles. The molecule has 1 aromatic carbocycles. The van der Waals surface area contributed by atoms with E-state index >= 15 is 0 Å². The molecule has 1 fully saturated rings. The van der Waals surface area contributed by atoms with Crippen molar-refractivity contribution in [2.24, 2.45) is 11.3 Å². The SMILES string of the molecule is CCCCC1CCC(CCl)(Cc2ccccc2Cl)CC1. The normalized spacial score (nSPS) is 26.6. The first-order chi connectivity index (χ1) is 9.69. The second kappa shape index (κ2) is 7.71. The van der Waals surface area contributed by atoms with E-state index in [0.29, 0.717) is 0 Å². The maximum absolute atomic E-state index is 6.35. The molecule has 0 radical (unpaired) electrons. The molecule has 1 aromatic rings. The van der Waals surface area contributed by atoms with Crippen LogP contribution in [0.1, 0.15) is 57.4 Å². The maximum atomic E-state index is 6.35. The predicted octanol–water partition coefficient (Wildman–Crippen LogP) is 6.49. The van der Waals surface area contributed by atoms with Gasteiger partial charge >= 0.3 is 0 Å². The second-order valence-corrected chi connectivity index (χ2v) is 7.16. The second-order valence-electron chi connectivity index (χ2n) is 6.49. The van der Waals surface area contributed by atoms with Crippen LogP contribution in [0.4, 0.5) is 0 Å². The van der Waals surface area contributed by atoms with E-state index in [1.807, 2.05) is 12.1 Å².